The third kappa shape index (κ3) is 4.84. The Kier molecular flexibility index (Phi) is 6.44. The number of carbonyl (C=O) groups is 1. The van der Waals surface area contributed by atoms with Gasteiger partial charge in [-0.1, -0.05) is 33.6 Å². The van der Waals surface area contributed by atoms with E-state index in [9.17, 15) is 13.2 Å². The van der Waals surface area contributed by atoms with Gasteiger partial charge in [-0.15, -0.1) is 0 Å². The van der Waals surface area contributed by atoms with Crippen LogP contribution < -0.4 is 14.8 Å². The molecule has 0 fully saturated rings. The zero-order valence-electron chi connectivity index (χ0n) is 15.0. The van der Waals surface area contributed by atoms with Crippen LogP contribution in [0.3, 0.4) is 0 Å². The van der Waals surface area contributed by atoms with E-state index in [1.807, 2.05) is 32.9 Å². The second-order valence-corrected chi connectivity index (χ2v) is 8.59. The third-order valence-electron chi connectivity index (χ3n) is 3.78. The number of benzene rings is 2. The maximum atomic E-state index is 12.5. The molecule has 0 aliphatic carbocycles. The summed E-state index contributed by atoms with van der Waals surface area (Å²) < 4.78 is 33.0. The number of sulfonamides is 1. The number of aryl methyl sites for hydroxylation is 3. The molecule has 0 atom stereocenters. The van der Waals surface area contributed by atoms with Crippen LogP contribution in [0.25, 0.3) is 0 Å². The van der Waals surface area contributed by atoms with Gasteiger partial charge in [-0.25, -0.2) is 13.1 Å². The number of hydrogen-bond donors (Lipinski definition) is 2. The van der Waals surface area contributed by atoms with E-state index < -0.39 is 15.9 Å². The minimum absolute atomic E-state index is 0.0372. The summed E-state index contributed by atoms with van der Waals surface area (Å²) in [7, 11) is -2.52. The average Bonchev–Trinajstić information content (AvgIpc) is 2.56. The van der Waals surface area contributed by atoms with Crippen LogP contribution in [0.5, 0.6) is 5.75 Å². The van der Waals surface area contributed by atoms with Gasteiger partial charge >= 0.3 is 0 Å². The summed E-state index contributed by atoms with van der Waals surface area (Å²) in [6, 6.07) is 8.55. The van der Waals surface area contributed by atoms with Gasteiger partial charge in [0.15, 0.2) is 0 Å². The van der Waals surface area contributed by atoms with Crippen LogP contribution in [0.2, 0.25) is 0 Å². The predicted molar refractivity (Wildman–Crippen MR) is 105 cm³/mol. The molecule has 8 heteroatoms. The molecule has 2 aromatic carbocycles. The second kappa shape index (κ2) is 8.20. The van der Waals surface area contributed by atoms with Crippen molar-refractivity contribution in [1.29, 1.82) is 0 Å². The molecule has 0 bridgehead atoms. The Hall–Kier alpha value is -1.90. The van der Waals surface area contributed by atoms with E-state index in [0.29, 0.717) is 10.2 Å². The van der Waals surface area contributed by atoms with Crippen molar-refractivity contribution in [2.45, 2.75) is 25.7 Å². The van der Waals surface area contributed by atoms with E-state index in [2.05, 4.69) is 26.0 Å². The predicted octanol–water partition coefficient (Wildman–Crippen LogP) is 3.30. The molecule has 0 aromatic heterocycles. The zero-order valence-corrected chi connectivity index (χ0v) is 17.4. The Bertz CT molecular complexity index is 919. The van der Waals surface area contributed by atoms with Gasteiger partial charge in [0.25, 0.3) is 0 Å². The maximum absolute atomic E-state index is 12.5. The van der Waals surface area contributed by atoms with Crippen molar-refractivity contribution in [2.24, 2.45) is 0 Å². The van der Waals surface area contributed by atoms with Gasteiger partial charge in [-0.2, -0.15) is 0 Å². The number of nitrogens with one attached hydrogen (secondary N) is 2. The zero-order chi connectivity index (χ0) is 19.5. The van der Waals surface area contributed by atoms with Crippen molar-refractivity contribution in [3.63, 3.8) is 0 Å². The number of anilines is 1. The topological polar surface area (TPSA) is 84.5 Å². The van der Waals surface area contributed by atoms with Gasteiger partial charge in [0.2, 0.25) is 15.9 Å². The van der Waals surface area contributed by atoms with E-state index in [1.165, 1.54) is 19.2 Å². The van der Waals surface area contributed by atoms with Gasteiger partial charge in [0.1, 0.15) is 10.6 Å². The fraction of sp³-hybridized carbons (Fsp3) is 0.278. The van der Waals surface area contributed by atoms with E-state index in [4.69, 9.17) is 4.74 Å². The molecule has 0 unspecified atom stereocenters. The smallest absolute Gasteiger partial charge is 0.244 e. The fourth-order valence-electron chi connectivity index (χ4n) is 2.66. The van der Waals surface area contributed by atoms with Crippen LogP contribution in [-0.4, -0.2) is 28.0 Å². The number of carbonyl (C=O) groups excluding carboxylic acids is 1. The summed E-state index contributed by atoms with van der Waals surface area (Å²) >= 11 is 3.24. The first kappa shape index (κ1) is 20.4. The maximum Gasteiger partial charge on any atom is 0.244 e. The van der Waals surface area contributed by atoms with Gasteiger partial charge in [0, 0.05) is 10.2 Å². The number of ether oxygens (including phenoxy) is 1. The largest absolute Gasteiger partial charge is 0.495 e. The average molecular weight is 441 g/mol. The number of rotatable bonds is 6. The van der Waals surface area contributed by atoms with E-state index in [1.54, 1.807) is 6.07 Å². The van der Waals surface area contributed by atoms with E-state index in [-0.39, 0.29) is 17.2 Å². The summed E-state index contributed by atoms with van der Waals surface area (Å²) in [5.74, 6) is -0.246. The van der Waals surface area contributed by atoms with Crippen LogP contribution in [-0.2, 0) is 14.8 Å². The number of methoxy groups -OCH3 is 1. The SMILES string of the molecule is COc1ccc(Br)cc1S(=O)(=O)NCC(=O)Nc1c(C)cc(C)cc1C. The molecule has 0 radical (unpaired) electrons. The number of halogens is 1. The van der Waals surface area contributed by atoms with Crippen molar-refractivity contribution < 1.29 is 17.9 Å². The highest BCUT2D eigenvalue weighted by Crippen LogP contribution is 2.27. The van der Waals surface area contributed by atoms with Crippen molar-refractivity contribution in [1.82, 2.24) is 4.72 Å². The highest BCUT2D eigenvalue weighted by molar-refractivity contribution is 9.10. The van der Waals surface area contributed by atoms with Crippen molar-refractivity contribution >= 4 is 37.5 Å². The lowest BCUT2D eigenvalue weighted by atomic mass is 10.1. The molecule has 2 aromatic rings. The molecule has 0 aliphatic heterocycles. The Morgan fingerprint density at radius 3 is 2.31 bits per heavy atom. The molecule has 0 saturated heterocycles. The summed E-state index contributed by atoms with van der Waals surface area (Å²) in [4.78, 5) is 12.2. The van der Waals surface area contributed by atoms with Crippen molar-refractivity contribution in [2.75, 3.05) is 19.0 Å². The summed E-state index contributed by atoms with van der Waals surface area (Å²) in [5, 5.41) is 2.76. The minimum atomic E-state index is -3.91. The first-order chi connectivity index (χ1) is 12.1. The summed E-state index contributed by atoms with van der Waals surface area (Å²) in [5.41, 5.74) is 3.64. The highest BCUT2D eigenvalue weighted by atomic mass is 79.9. The van der Waals surface area contributed by atoms with Crippen molar-refractivity contribution in [3.8, 4) is 5.75 Å². The van der Waals surface area contributed by atoms with Gasteiger partial charge in [-0.05, 0) is 50.1 Å². The molecule has 0 spiro atoms. The van der Waals surface area contributed by atoms with E-state index >= 15 is 0 Å². The fourth-order valence-corrected chi connectivity index (χ4v) is 4.35. The van der Waals surface area contributed by atoms with Crippen LogP contribution in [0.15, 0.2) is 39.7 Å². The Morgan fingerprint density at radius 2 is 1.73 bits per heavy atom. The quantitative estimate of drug-likeness (QED) is 0.721. The third-order valence-corrected chi connectivity index (χ3v) is 5.70. The molecule has 140 valence electrons. The van der Waals surface area contributed by atoms with Crippen LogP contribution in [0.4, 0.5) is 5.69 Å². The van der Waals surface area contributed by atoms with Crippen LogP contribution in [0.1, 0.15) is 16.7 Å². The van der Waals surface area contributed by atoms with Gasteiger partial charge in [0.05, 0.1) is 13.7 Å². The van der Waals surface area contributed by atoms with Crippen molar-refractivity contribution in [3.05, 3.63) is 51.5 Å². The normalized spacial score (nSPS) is 11.3. The van der Waals surface area contributed by atoms with Gasteiger partial charge < -0.3 is 10.1 Å². The number of hydrogen-bond acceptors (Lipinski definition) is 4. The first-order valence-electron chi connectivity index (χ1n) is 7.85. The minimum Gasteiger partial charge on any atom is -0.495 e. The molecule has 2 N–H and O–H groups in total. The monoisotopic (exact) mass is 440 g/mol. The molecule has 0 saturated carbocycles. The summed E-state index contributed by atoms with van der Waals surface area (Å²) in [6.07, 6.45) is 0. The molecule has 6 nitrogen and oxygen atoms in total. The Labute approximate surface area is 162 Å². The van der Waals surface area contributed by atoms with Gasteiger partial charge in [-0.3, -0.25) is 4.79 Å². The van der Waals surface area contributed by atoms with Crippen LogP contribution in [0, 0.1) is 20.8 Å². The molecule has 0 heterocycles. The lowest BCUT2D eigenvalue weighted by Crippen LogP contribution is -2.33. The Balaban J connectivity index is 2.13. The highest BCUT2D eigenvalue weighted by Gasteiger charge is 2.21. The van der Waals surface area contributed by atoms with E-state index in [0.717, 1.165) is 16.7 Å². The second-order valence-electron chi connectivity index (χ2n) is 5.94. The molecule has 1 amide bonds. The summed E-state index contributed by atoms with van der Waals surface area (Å²) in [6.45, 7) is 5.38. The Morgan fingerprint density at radius 1 is 1.12 bits per heavy atom. The molecule has 26 heavy (non-hydrogen) atoms. The molecular formula is C18H21BrN2O4S. The van der Waals surface area contributed by atoms with Crippen LogP contribution >= 0.6 is 15.9 Å². The molecule has 0 aliphatic rings. The molecule has 2 rings (SSSR count). The number of amides is 1. The lowest BCUT2D eigenvalue weighted by Gasteiger charge is -2.14. The first-order valence-corrected chi connectivity index (χ1v) is 10.1. The standard InChI is InChI=1S/C18H21BrN2O4S/c1-11-7-12(2)18(13(3)8-11)21-17(22)10-20-26(23,24)16-9-14(19)5-6-15(16)25-4/h5-9,20H,10H2,1-4H3,(H,21,22). The molecular weight excluding hydrogens is 420 g/mol. The lowest BCUT2D eigenvalue weighted by molar-refractivity contribution is -0.115.